The van der Waals surface area contributed by atoms with Crippen LogP contribution in [-0.4, -0.2) is 24.4 Å². The van der Waals surface area contributed by atoms with Gasteiger partial charge in [0.25, 0.3) is 17.3 Å². The number of hydrogen-bond acceptors (Lipinski definition) is 4. The van der Waals surface area contributed by atoms with E-state index in [4.69, 9.17) is 23.2 Å². The Bertz CT molecular complexity index is 75.6. The van der Waals surface area contributed by atoms with E-state index in [1.165, 1.54) is 0 Å². The normalized spacial score (nSPS) is 6.00. The summed E-state index contributed by atoms with van der Waals surface area (Å²) in [6.07, 6.45) is 0. The molecule has 0 aromatic heterocycles. The maximum absolute atomic E-state index is 9.00. The van der Waals surface area contributed by atoms with Crippen molar-refractivity contribution < 1.29 is 23.2 Å². The molecule has 0 aliphatic rings. The summed E-state index contributed by atoms with van der Waals surface area (Å²) in [4.78, 5) is 9.00. The highest BCUT2D eigenvalue weighted by molar-refractivity contribution is 7.73. The zero-order valence-electron chi connectivity index (χ0n) is 5.48. The molecule has 0 fully saturated rings. The Kier molecular flexibility index (Phi) is 35.9. The lowest BCUT2D eigenvalue weighted by Gasteiger charge is -1.59. The van der Waals surface area contributed by atoms with E-state index < -0.39 is 17.3 Å². The van der Waals surface area contributed by atoms with Gasteiger partial charge in [0.15, 0.2) is 0 Å². The first-order valence-electron chi connectivity index (χ1n) is 1.46. The van der Waals surface area contributed by atoms with Crippen molar-refractivity contribution in [2.45, 2.75) is 6.92 Å². The molecule has 10 heavy (non-hydrogen) atoms. The van der Waals surface area contributed by atoms with Crippen LogP contribution in [-0.2, 0) is 16.2 Å². The van der Waals surface area contributed by atoms with E-state index in [1.54, 1.807) is 0 Å². The average molecular weight is 176 g/mol. The Hall–Kier alpha value is -0.540. The Labute approximate surface area is 60.7 Å². The summed E-state index contributed by atoms with van der Waals surface area (Å²) in [5.74, 6) is -0.833. The summed E-state index contributed by atoms with van der Waals surface area (Å²) in [7, 11) is 0. The van der Waals surface area contributed by atoms with Gasteiger partial charge in [-0.1, -0.05) is 0 Å². The van der Waals surface area contributed by atoms with Crippen molar-refractivity contribution in [2.75, 3.05) is 0 Å². The average Bonchev–Trinajstić information content (AvgIpc) is 1.25. The molecule has 0 aliphatic carbocycles. The minimum Gasteiger partial charge on any atom is -0.481 e. The summed E-state index contributed by atoms with van der Waals surface area (Å²) >= 11 is -2.61. The Morgan fingerprint density at radius 2 is 1.30 bits per heavy atom. The van der Waals surface area contributed by atoms with Crippen molar-refractivity contribution in [1.29, 1.82) is 0 Å². The molecule has 0 radical (unpaired) electrons. The fraction of sp³-hybridized carbons (Fsp3) is 0.500. The lowest BCUT2D eigenvalue weighted by atomic mass is 10.9. The van der Waals surface area contributed by atoms with Crippen LogP contribution in [0, 0.1) is 0 Å². The maximum Gasteiger partial charge on any atom is 0.300 e. The van der Waals surface area contributed by atoms with Crippen molar-refractivity contribution in [3.05, 3.63) is 0 Å². The van der Waals surface area contributed by atoms with Gasteiger partial charge in [0.1, 0.15) is 0 Å². The first kappa shape index (κ1) is 22.7. The summed E-state index contributed by atoms with van der Waals surface area (Å²) in [5, 5.41) is 7.42. The Balaban J connectivity index is -0.0000000300. The largest absolute Gasteiger partial charge is 0.481 e. The molecule has 7 nitrogen and oxygen atoms in total. The summed E-state index contributed by atoms with van der Waals surface area (Å²) < 4.78 is 22.8. The predicted molar refractivity (Wildman–Crippen MR) is 36.8 cm³/mol. The van der Waals surface area contributed by atoms with Gasteiger partial charge in [0, 0.05) is 6.92 Å². The van der Waals surface area contributed by atoms with Gasteiger partial charge in [-0.2, -0.15) is 4.21 Å². The van der Waals surface area contributed by atoms with Crippen molar-refractivity contribution in [3.8, 4) is 0 Å². The van der Waals surface area contributed by atoms with Gasteiger partial charge in [-0.25, -0.2) is 0 Å². The number of carboxylic acid groups (broad SMARTS) is 1. The fourth-order valence-corrected chi connectivity index (χ4v) is 0. The lowest BCUT2D eigenvalue weighted by Crippen LogP contribution is -1.78. The van der Waals surface area contributed by atoms with Gasteiger partial charge >= 0.3 is 0 Å². The van der Waals surface area contributed by atoms with Crippen LogP contribution in [0.25, 0.3) is 0 Å². The second-order valence-electron chi connectivity index (χ2n) is 0.750. The van der Waals surface area contributed by atoms with E-state index in [0.29, 0.717) is 0 Å². The van der Waals surface area contributed by atoms with E-state index >= 15 is 0 Å². The van der Waals surface area contributed by atoms with Gasteiger partial charge in [0.2, 0.25) is 0 Å². The first-order valence-corrected chi connectivity index (χ1v) is 2.52. The minimum absolute atomic E-state index is 0. The maximum atomic E-state index is 9.00. The second kappa shape index (κ2) is 15.8. The molecule has 0 bridgehead atoms. The highest BCUT2D eigenvalue weighted by Gasteiger charge is 1.65. The van der Waals surface area contributed by atoms with Crippen molar-refractivity contribution in [3.63, 3.8) is 0 Å². The second-order valence-corrected chi connectivity index (χ2v) is 1.21. The molecule has 66 valence electrons. The van der Waals surface area contributed by atoms with E-state index in [2.05, 4.69) is 0 Å². The Morgan fingerprint density at radius 3 is 1.30 bits per heavy atom. The molecule has 0 aliphatic heterocycles. The van der Waals surface area contributed by atoms with Crippen LogP contribution in [0.2, 0.25) is 0 Å². The van der Waals surface area contributed by atoms with E-state index in [-0.39, 0.29) is 12.3 Å². The van der Waals surface area contributed by atoms with Gasteiger partial charge in [-0.3, -0.25) is 13.9 Å². The third-order valence-electron chi connectivity index (χ3n) is 0. The molecule has 0 spiro atoms. The monoisotopic (exact) mass is 176 g/mol. The first-order chi connectivity index (χ1) is 3.46. The van der Waals surface area contributed by atoms with Crippen molar-refractivity contribution in [1.82, 2.24) is 12.3 Å². The van der Waals surface area contributed by atoms with Gasteiger partial charge in [-0.15, -0.1) is 0 Å². The zero-order chi connectivity index (χ0) is 7.15. The molecule has 8 heteroatoms. The minimum atomic E-state index is -2.61. The van der Waals surface area contributed by atoms with Crippen LogP contribution >= 0.6 is 0 Å². The fourth-order valence-electron chi connectivity index (χ4n) is 0. The molecule has 0 amide bonds. The lowest BCUT2D eigenvalue weighted by molar-refractivity contribution is -0.134. The van der Waals surface area contributed by atoms with E-state index in [0.717, 1.165) is 6.92 Å². The summed E-state index contributed by atoms with van der Waals surface area (Å²) in [6.45, 7) is 1.08. The smallest absolute Gasteiger partial charge is 0.300 e. The summed E-state index contributed by atoms with van der Waals surface area (Å²) in [5.41, 5.74) is 0. The van der Waals surface area contributed by atoms with Gasteiger partial charge in [-0.05, 0) is 0 Å². The number of carbonyl (C=O) groups is 1. The highest BCUT2D eigenvalue weighted by Crippen LogP contribution is 1.44. The topological polar surface area (TPSA) is 165 Å². The van der Waals surface area contributed by atoms with Crippen LogP contribution in [0.3, 0.4) is 0 Å². The molecule has 0 atom stereocenters. The molecule has 0 saturated carbocycles. The van der Waals surface area contributed by atoms with Gasteiger partial charge < -0.3 is 17.4 Å². The quantitative estimate of drug-likeness (QED) is 0.326. The highest BCUT2D eigenvalue weighted by atomic mass is 32.2. The number of carboxylic acids is 1. The van der Waals surface area contributed by atoms with Crippen LogP contribution in [0.15, 0.2) is 0 Å². The third kappa shape index (κ3) is 1070. The predicted octanol–water partition coefficient (Wildman–Crippen LogP) is 0.0960. The number of aliphatic carboxylic acids is 1. The molecule has 9 N–H and O–H groups in total. The van der Waals surface area contributed by atoms with Crippen molar-refractivity contribution >= 4 is 17.3 Å². The van der Waals surface area contributed by atoms with Crippen LogP contribution < -0.4 is 12.3 Å². The van der Waals surface area contributed by atoms with E-state index in [1.807, 2.05) is 0 Å². The molecular weight excluding hydrogens is 164 g/mol. The van der Waals surface area contributed by atoms with Gasteiger partial charge in [0.05, 0.1) is 0 Å². The summed E-state index contributed by atoms with van der Waals surface area (Å²) in [6, 6.07) is 0. The SMILES string of the molecule is CC(=O)O.N.N.O=S(O)O. The van der Waals surface area contributed by atoms with Crippen LogP contribution in [0.5, 0.6) is 0 Å². The third-order valence-corrected chi connectivity index (χ3v) is 0. The molecule has 0 aromatic carbocycles. The molecule has 0 unspecified atom stereocenters. The number of rotatable bonds is 0. The zero-order valence-corrected chi connectivity index (χ0v) is 6.30. The van der Waals surface area contributed by atoms with Crippen LogP contribution in [0.4, 0.5) is 0 Å². The number of hydrogen-bond donors (Lipinski definition) is 5. The van der Waals surface area contributed by atoms with Crippen LogP contribution in [0.1, 0.15) is 6.92 Å². The molecule has 0 rings (SSSR count). The molecule has 0 heterocycles. The molecule has 0 saturated heterocycles. The van der Waals surface area contributed by atoms with Crippen molar-refractivity contribution in [2.24, 2.45) is 0 Å². The molecule has 0 aromatic rings. The standard InChI is InChI=1S/C2H4O2.2H3N.H2O3S/c1-2(3)4;;;1-4(2)3/h1H3,(H,3,4);2*1H3;(H2,1,2,3). The Morgan fingerprint density at radius 1 is 1.30 bits per heavy atom. The molecular formula is C2H12N2O5S. The van der Waals surface area contributed by atoms with E-state index in [9.17, 15) is 0 Å².